The Kier molecular flexibility index (Phi) is 4.26. The van der Waals surface area contributed by atoms with Crippen molar-refractivity contribution in [2.45, 2.75) is 6.54 Å². The first kappa shape index (κ1) is 13.2. The Bertz CT molecular complexity index is 581. The molecule has 4 N–H and O–H groups in total. The maximum Gasteiger partial charge on any atom is 0.170 e. The summed E-state index contributed by atoms with van der Waals surface area (Å²) in [6.45, 7) is 0.577. The van der Waals surface area contributed by atoms with Gasteiger partial charge in [-0.15, -0.1) is 0 Å². The normalized spacial score (nSPS) is 11.3. The third-order valence-electron chi connectivity index (χ3n) is 2.73. The van der Waals surface area contributed by atoms with Crippen LogP contribution in [-0.4, -0.2) is 11.0 Å². The summed E-state index contributed by atoms with van der Waals surface area (Å²) in [6.07, 6.45) is 0. The first-order valence-electron chi connectivity index (χ1n) is 5.76. The minimum absolute atomic E-state index is 0.105. The number of benzene rings is 2. The van der Waals surface area contributed by atoms with Crippen LogP contribution in [0.1, 0.15) is 11.1 Å². The molecule has 0 aliphatic carbocycles. The molecule has 2 aromatic rings. The summed E-state index contributed by atoms with van der Waals surface area (Å²) in [7, 11) is 0. The number of hydrogen-bond acceptors (Lipinski definition) is 3. The van der Waals surface area contributed by atoms with Crippen LogP contribution in [0.5, 0.6) is 0 Å². The Balaban J connectivity index is 2.13. The Morgan fingerprint density at radius 1 is 1.16 bits per heavy atom. The van der Waals surface area contributed by atoms with Crippen LogP contribution in [-0.2, 0) is 6.54 Å². The number of nitrogens with zero attached hydrogens (tertiary/aromatic N) is 1. The number of rotatable bonds is 4. The quantitative estimate of drug-likeness (QED) is 0.348. The van der Waals surface area contributed by atoms with Crippen molar-refractivity contribution in [3.63, 3.8) is 0 Å². The van der Waals surface area contributed by atoms with E-state index in [-0.39, 0.29) is 5.84 Å². The fourth-order valence-electron chi connectivity index (χ4n) is 1.74. The highest BCUT2D eigenvalue weighted by atomic mass is 35.5. The minimum atomic E-state index is 0.105. The monoisotopic (exact) mass is 275 g/mol. The third kappa shape index (κ3) is 3.39. The molecule has 2 aromatic carbocycles. The van der Waals surface area contributed by atoms with E-state index in [4.69, 9.17) is 22.5 Å². The molecule has 0 bridgehead atoms. The van der Waals surface area contributed by atoms with Crippen molar-refractivity contribution in [3.8, 4) is 0 Å². The van der Waals surface area contributed by atoms with Crippen LogP contribution < -0.4 is 11.1 Å². The van der Waals surface area contributed by atoms with E-state index < -0.39 is 0 Å². The number of nitrogens with one attached hydrogen (secondary N) is 1. The summed E-state index contributed by atoms with van der Waals surface area (Å²) in [5.41, 5.74) is 8.26. The van der Waals surface area contributed by atoms with Crippen molar-refractivity contribution in [2.75, 3.05) is 5.32 Å². The van der Waals surface area contributed by atoms with E-state index >= 15 is 0 Å². The van der Waals surface area contributed by atoms with Gasteiger partial charge in [0, 0.05) is 22.8 Å². The number of amidine groups is 1. The first-order valence-corrected chi connectivity index (χ1v) is 6.14. The number of nitrogens with two attached hydrogens (primary N) is 1. The average Bonchev–Trinajstić information content (AvgIpc) is 2.46. The molecular weight excluding hydrogens is 262 g/mol. The second-order valence-corrected chi connectivity index (χ2v) is 4.44. The molecule has 0 fully saturated rings. The summed E-state index contributed by atoms with van der Waals surface area (Å²) < 4.78 is 0. The fourth-order valence-corrected chi connectivity index (χ4v) is 1.87. The standard InChI is InChI=1S/C14H14ClN3O/c15-11-5-7-12(8-6-11)17-9-10-3-1-2-4-13(10)14(16)18-19/h1-8,17,19H,9H2,(H2,16,18). The molecule has 98 valence electrons. The SMILES string of the molecule is NC(=NO)c1ccccc1CNc1ccc(Cl)cc1. The number of anilines is 1. The molecule has 19 heavy (non-hydrogen) atoms. The number of oxime groups is 1. The van der Waals surface area contributed by atoms with Crippen molar-refractivity contribution >= 4 is 23.1 Å². The van der Waals surface area contributed by atoms with E-state index in [2.05, 4.69) is 10.5 Å². The largest absolute Gasteiger partial charge is 0.409 e. The lowest BCUT2D eigenvalue weighted by molar-refractivity contribution is 0.318. The van der Waals surface area contributed by atoms with Crippen molar-refractivity contribution in [3.05, 3.63) is 64.7 Å². The molecule has 2 rings (SSSR count). The molecular formula is C14H14ClN3O. The molecule has 0 spiro atoms. The fraction of sp³-hybridized carbons (Fsp3) is 0.0714. The van der Waals surface area contributed by atoms with Crippen molar-refractivity contribution < 1.29 is 5.21 Å². The van der Waals surface area contributed by atoms with Gasteiger partial charge in [-0.2, -0.15) is 0 Å². The third-order valence-corrected chi connectivity index (χ3v) is 2.98. The van der Waals surface area contributed by atoms with Gasteiger partial charge in [-0.05, 0) is 29.8 Å². The highest BCUT2D eigenvalue weighted by Gasteiger charge is 2.05. The molecule has 0 aromatic heterocycles. The molecule has 0 heterocycles. The molecule has 0 saturated carbocycles. The molecule has 0 saturated heterocycles. The van der Waals surface area contributed by atoms with Gasteiger partial charge in [-0.3, -0.25) is 0 Å². The average molecular weight is 276 g/mol. The van der Waals surface area contributed by atoms with Crippen LogP contribution in [0.4, 0.5) is 5.69 Å². The first-order chi connectivity index (χ1) is 9.20. The second-order valence-electron chi connectivity index (χ2n) is 4.00. The van der Waals surface area contributed by atoms with Gasteiger partial charge < -0.3 is 16.3 Å². The van der Waals surface area contributed by atoms with Crippen LogP contribution >= 0.6 is 11.6 Å². The van der Waals surface area contributed by atoms with E-state index in [1.165, 1.54) is 0 Å². The summed E-state index contributed by atoms with van der Waals surface area (Å²) in [4.78, 5) is 0. The Morgan fingerprint density at radius 2 is 1.84 bits per heavy atom. The van der Waals surface area contributed by atoms with Gasteiger partial charge in [0.2, 0.25) is 0 Å². The molecule has 0 amide bonds. The van der Waals surface area contributed by atoms with Gasteiger partial charge >= 0.3 is 0 Å². The van der Waals surface area contributed by atoms with E-state index in [0.29, 0.717) is 17.1 Å². The highest BCUT2D eigenvalue weighted by Crippen LogP contribution is 2.15. The second kappa shape index (κ2) is 6.11. The van der Waals surface area contributed by atoms with Crippen LogP contribution in [0.2, 0.25) is 5.02 Å². The van der Waals surface area contributed by atoms with Gasteiger partial charge in [-0.25, -0.2) is 0 Å². The number of hydrogen-bond donors (Lipinski definition) is 3. The van der Waals surface area contributed by atoms with E-state index in [9.17, 15) is 0 Å². The van der Waals surface area contributed by atoms with E-state index in [0.717, 1.165) is 11.3 Å². The Morgan fingerprint density at radius 3 is 2.53 bits per heavy atom. The van der Waals surface area contributed by atoms with Gasteiger partial charge in [0.25, 0.3) is 0 Å². The maximum absolute atomic E-state index is 8.76. The Hall–Kier alpha value is -2.20. The predicted octanol–water partition coefficient (Wildman–Crippen LogP) is 3.05. The summed E-state index contributed by atoms with van der Waals surface area (Å²) in [6, 6.07) is 14.9. The van der Waals surface area contributed by atoms with E-state index in [1.807, 2.05) is 48.5 Å². The zero-order valence-corrected chi connectivity index (χ0v) is 10.9. The van der Waals surface area contributed by atoms with Crippen LogP contribution in [0.15, 0.2) is 53.7 Å². The van der Waals surface area contributed by atoms with Gasteiger partial charge in [0.1, 0.15) is 0 Å². The predicted molar refractivity (Wildman–Crippen MR) is 77.7 cm³/mol. The lowest BCUT2D eigenvalue weighted by Crippen LogP contribution is -2.16. The molecule has 4 nitrogen and oxygen atoms in total. The minimum Gasteiger partial charge on any atom is -0.409 e. The van der Waals surface area contributed by atoms with Crippen molar-refractivity contribution in [1.29, 1.82) is 0 Å². The van der Waals surface area contributed by atoms with Crippen LogP contribution in [0.3, 0.4) is 0 Å². The highest BCUT2D eigenvalue weighted by molar-refractivity contribution is 6.30. The summed E-state index contributed by atoms with van der Waals surface area (Å²) >= 11 is 5.83. The van der Waals surface area contributed by atoms with Crippen LogP contribution in [0.25, 0.3) is 0 Å². The Labute approximate surface area is 116 Å². The molecule has 0 radical (unpaired) electrons. The maximum atomic E-state index is 8.76. The molecule has 0 unspecified atom stereocenters. The topological polar surface area (TPSA) is 70.6 Å². The van der Waals surface area contributed by atoms with Gasteiger partial charge in [0.05, 0.1) is 0 Å². The summed E-state index contributed by atoms with van der Waals surface area (Å²) in [5, 5.41) is 15.7. The molecule has 0 atom stereocenters. The van der Waals surface area contributed by atoms with Crippen LogP contribution in [0, 0.1) is 0 Å². The molecule has 0 aliphatic heterocycles. The smallest absolute Gasteiger partial charge is 0.170 e. The summed E-state index contributed by atoms with van der Waals surface area (Å²) in [5.74, 6) is 0.105. The number of halogens is 1. The van der Waals surface area contributed by atoms with Crippen molar-refractivity contribution in [1.82, 2.24) is 0 Å². The van der Waals surface area contributed by atoms with Crippen molar-refractivity contribution in [2.24, 2.45) is 10.9 Å². The zero-order chi connectivity index (χ0) is 13.7. The van der Waals surface area contributed by atoms with E-state index in [1.54, 1.807) is 0 Å². The molecule has 5 heteroatoms. The lowest BCUT2D eigenvalue weighted by atomic mass is 10.1. The van der Waals surface area contributed by atoms with Gasteiger partial charge in [-0.1, -0.05) is 41.0 Å². The zero-order valence-electron chi connectivity index (χ0n) is 10.2. The lowest BCUT2D eigenvalue weighted by Gasteiger charge is -2.10. The van der Waals surface area contributed by atoms with Gasteiger partial charge in [0.15, 0.2) is 5.84 Å². The molecule has 0 aliphatic rings.